The zero-order chi connectivity index (χ0) is 23.1. The fourth-order valence-electron chi connectivity index (χ4n) is 2.82. The van der Waals surface area contributed by atoms with Crippen molar-refractivity contribution in [1.82, 2.24) is 24.6 Å². The van der Waals surface area contributed by atoms with Crippen molar-refractivity contribution in [3.8, 4) is 11.3 Å². The predicted molar refractivity (Wildman–Crippen MR) is 122 cm³/mol. The van der Waals surface area contributed by atoms with Gasteiger partial charge in [-0.1, -0.05) is 12.1 Å². The van der Waals surface area contributed by atoms with Crippen molar-refractivity contribution in [2.45, 2.75) is 11.3 Å². The van der Waals surface area contributed by atoms with Crippen molar-refractivity contribution in [3.63, 3.8) is 0 Å². The average Bonchev–Trinajstić information content (AvgIpc) is 2.78. The van der Waals surface area contributed by atoms with Crippen LogP contribution in [-0.4, -0.2) is 61.4 Å². The van der Waals surface area contributed by atoms with Crippen LogP contribution in [0.15, 0.2) is 59.9 Å². The quantitative estimate of drug-likeness (QED) is 0.413. The van der Waals surface area contributed by atoms with Crippen molar-refractivity contribution < 1.29 is 13.2 Å². The number of aromatic nitrogens is 3. The minimum atomic E-state index is -3.61. The molecule has 0 spiro atoms. The van der Waals surface area contributed by atoms with Gasteiger partial charge in [-0.2, -0.15) is 0 Å². The third kappa shape index (κ3) is 6.06. The normalized spacial score (nSPS) is 11.5. The number of nitrogens with one attached hydrogen (secondary N) is 2. The number of anilines is 2. The van der Waals surface area contributed by atoms with E-state index in [0.29, 0.717) is 29.9 Å². The van der Waals surface area contributed by atoms with E-state index in [1.54, 1.807) is 30.5 Å². The van der Waals surface area contributed by atoms with Crippen LogP contribution in [-0.2, 0) is 10.0 Å². The first-order chi connectivity index (χ1) is 15.3. The Morgan fingerprint density at radius 1 is 1.12 bits per heavy atom. The van der Waals surface area contributed by atoms with E-state index in [1.165, 1.54) is 24.5 Å². The molecule has 0 aliphatic carbocycles. The van der Waals surface area contributed by atoms with Crippen molar-refractivity contribution in [2.75, 3.05) is 38.2 Å². The molecular formula is C21H25N7O3S. The van der Waals surface area contributed by atoms with E-state index < -0.39 is 15.9 Å². The molecule has 0 saturated heterocycles. The molecule has 0 atom stereocenters. The highest BCUT2D eigenvalue weighted by atomic mass is 32.2. The summed E-state index contributed by atoms with van der Waals surface area (Å²) in [4.78, 5) is 27.0. The molecule has 0 bridgehead atoms. The van der Waals surface area contributed by atoms with E-state index in [0.717, 1.165) is 6.54 Å². The minimum Gasteiger partial charge on any atom is -0.382 e. The van der Waals surface area contributed by atoms with Gasteiger partial charge in [-0.05, 0) is 51.3 Å². The van der Waals surface area contributed by atoms with E-state index in [1.807, 2.05) is 19.0 Å². The Balaban J connectivity index is 1.74. The van der Waals surface area contributed by atoms with Crippen LogP contribution in [0.25, 0.3) is 11.3 Å². The second kappa shape index (κ2) is 10.3. The molecule has 11 heteroatoms. The van der Waals surface area contributed by atoms with Gasteiger partial charge in [0, 0.05) is 18.3 Å². The van der Waals surface area contributed by atoms with Gasteiger partial charge < -0.3 is 16.0 Å². The van der Waals surface area contributed by atoms with E-state index in [2.05, 4.69) is 25.0 Å². The van der Waals surface area contributed by atoms with Crippen molar-refractivity contribution >= 4 is 27.4 Å². The lowest BCUT2D eigenvalue weighted by Gasteiger charge is -2.11. The zero-order valence-corrected chi connectivity index (χ0v) is 18.6. The van der Waals surface area contributed by atoms with Crippen molar-refractivity contribution in [1.29, 1.82) is 0 Å². The Labute approximate surface area is 187 Å². The van der Waals surface area contributed by atoms with Crippen LogP contribution in [0.4, 0.5) is 11.5 Å². The molecule has 0 radical (unpaired) electrons. The van der Waals surface area contributed by atoms with Gasteiger partial charge in [0.25, 0.3) is 5.91 Å². The van der Waals surface area contributed by atoms with E-state index in [4.69, 9.17) is 5.73 Å². The SMILES string of the molecule is CN(C)CCCNS(=O)(=O)c1ccc(-c2cnc(N)c(C(=O)Nc3cccnc3)n2)cc1. The number of amides is 1. The first-order valence-corrected chi connectivity index (χ1v) is 11.3. The van der Waals surface area contributed by atoms with Crippen LogP contribution in [0.3, 0.4) is 0 Å². The predicted octanol–water partition coefficient (Wildman–Crippen LogP) is 1.60. The third-order valence-electron chi connectivity index (χ3n) is 4.47. The summed E-state index contributed by atoms with van der Waals surface area (Å²) in [5.74, 6) is -0.540. The molecule has 2 aromatic heterocycles. The van der Waals surface area contributed by atoms with Gasteiger partial charge in [-0.25, -0.2) is 23.1 Å². The van der Waals surface area contributed by atoms with E-state index in [9.17, 15) is 13.2 Å². The topological polar surface area (TPSA) is 143 Å². The Bertz CT molecular complexity index is 1170. The highest BCUT2D eigenvalue weighted by Gasteiger charge is 2.17. The maximum absolute atomic E-state index is 12.6. The van der Waals surface area contributed by atoms with Gasteiger partial charge in [-0.15, -0.1) is 0 Å². The average molecular weight is 456 g/mol. The highest BCUT2D eigenvalue weighted by molar-refractivity contribution is 7.89. The molecule has 1 aromatic carbocycles. The number of hydrogen-bond acceptors (Lipinski definition) is 8. The number of rotatable bonds is 9. The van der Waals surface area contributed by atoms with E-state index >= 15 is 0 Å². The summed E-state index contributed by atoms with van der Waals surface area (Å²) in [7, 11) is 0.249. The lowest BCUT2D eigenvalue weighted by Crippen LogP contribution is -2.27. The minimum absolute atomic E-state index is 0.0173. The summed E-state index contributed by atoms with van der Waals surface area (Å²) in [6.07, 6.45) is 5.22. The van der Waals surface area contributed by atoms with Gasteiger partial charge in [0.2, 0.25) is 10.0 Å². The van der Waals surface area contributed by atoms with Crippen LogP contribution in [0, 0.1) is 0 Å². The monoisotopic (exact) mass is 455 g/mol. The number of nitrogens with two attached hydrogens (primary N) is 1. The molecule has 2 heterocycles. The third-order valence-corrected chi connectivity index (χ3v) is 5.95. The van der Waals surface area contributed by atoms with Crippen LogP contribution in [0.1, 0.15) is 16.9 Å². The number of hydrogen-bond donors (Lipinski definition) is 3. The lowest BCUT2D eigenvalue weighted by molar-refractivity contribution is 0.102. The summed E-state index contributed by atoms with van der Waals surface area (Å²) in [6, 6.07) is 9.56. The highest BCUT2D eigenvalue weighted by Crippen LogP contribution is 2.21. The van der Waals surface area contributed by atoms with Gasteiger partial charge in [0.05, 0.1) is 28.7 Å². The first kappa shape index (κ1) is 23.3. The standard InChI is InChI=1S/C21H25N7O3S/c1-28(2)12-4-11-25-32(30,31)17-8-6-15(7-9-17)18-14-24-20(22)19(27-18)21(29)26-16-5-3-10-23-13-16/h3,5-10,13-14,25H,4,11-12H2,1-2H3,(H2,22,24)(H,26,29). The Kier molecular flexibility index (Phi) is 7.46. The molecule has 4 N–H and O–H groups in total. The Hall–Kier alpha value is -3.41. The molecule has 0 saturated carbocycles. The van der Waals surface area contributed by atoms with Crippen molar-refractivity contribution in [3.05, 3.63) is 60.7 Å². The van der Waals surface area contributed by atoms with Gasteiger partial charge >= 0.3 is 0 Å². The van der Waals surface area contributed by atoms with Crippen LogP contribution in [0.5, 0.6) is 0 Å². The second-order valence-corrected chi connectivity index (χ2v) is 9.03. The molecule has 3 aromatic rings. The lowest BCUT2D eigenvalue weighted by atomic mass is 10.1. The smallest absolute Gasteiger partial charge is 0.278 e. The van der Waals surface area contributed by atoms with Crippen LogP contribution >= 0.6 is 0 Å². The number of sulfonamides is 1. The number of carbonyl (C=O) groups is 1. The molecule has 0 aliphatic rings. The summed E-state index contributed by atoms with van der Waals surface area (Å²) in [5.41, 5.74) is 7.28. The maximum Gasteiger partial charge on any atom is 0.278 e. The molecule has 10 nitrogen and oxygen atoms in total. The first-order valence-electron chi connectivity index (χ1n) is 9.85. The maximum atomic E-state index is 12.6. The summed E-state index contributed by atoms with van der Waals surface area (Å²) in [5, 5.41) is 2.66. The summed E-state index contributed by atoms with van der Waals surface area (Å²) >= 11 is 0. The molecule has 168 valence electrons. The van der Waals surface area contributed by atoms with Crippen LogP contribution in [0.2, 0.25) is 0 Å². The number of pyridine rings is 1. The number of nitrogen functional groups attached to an aromatic ring is 1. The fraction of sp³-hybridized carbons (Fsp3) is 0.238. The van der Waals surface area contributed by atoms with E-state index in [-0.39, 0.29) is 16.4 Å². The zero-order valence-electron chi connectivity index (χ0n) is 17.8. The molecular weight excluding hydrogens is 430 g/mol. The second-order valence-electron chi connectivity index (χ2n) is 7.26. The molecule has 0 fully saturated rings. The molecule has 32 heavy (non-hydrogen) atoms. The van der Waals surface area contributed by atoms with Gasteiger partial charge in [-0.3, -0.25) is 9.78 Å². The van der Waals surface area contributed by atoms with Crippen LogP contribution < -0.4 is 15.8 Å². The fourth-order valence-corrected chi connectivity index (χ4v) is 3.90. The number of nitrogens with zero attached hydrogens (tertiary/aromatic N) is 4. The number of carbonyl (C=O) groups excluding carboxylic acids is 1. The molecule has 1 amide bonds. The van der Waals surface area contributed by atoms with Gasteiger partial charge in [0.1, 0.15) is 0 Å². The largest absolute Gasteiger partial charge is 0.382 e. The van der Waals surface area contributed by atoms with Crippen molar-refractivity contribution in [2.24, 2.45) is 0 Å². The molecule has 0 aliphatic heterocycles. The Morgan fingerprint density at radius 2 is 1.88 bits per heavy atom. The molecule has 3 rings (SSSR count). The van der Waals surface area contributed by atoms with Gasteiger partial charge in [0.15, 0.2) is 11.5 Å². The number of benzene rings is 1. The summed E-state index contributed by atoms with van der Waals surface area (Å²) in [6.45, 7) is 1.13. The Morgan fingerprint density at radius 3 is 2.53 bits per heavy atom. The molecule has 0 unspecified atom stereocenters. The summed E-state index contributed by atoms with van der Waals surface area (Å²) < 4.78 is 27.5.